The molecule has 0 saturated heterocycles. The molecule has 5 nitrogen and oxygen atoms in total. The van der Waals surface area contributed by atoms with Crippen molar-refractivity contribution in [3.8, 4) is 11.5 Å². The van der Waals surface area contributed by atoms with Gasteiger partial charge >= 0.3 is 0 Å². The van der Waals surface area contributed by atoms with Gasteiger partial charge in [0.15, 0.2) is 5.75 Å². The first-order chi connectivity index (χ1) is 15.7. The first-order valence-electron chi connectivity index (χ1n) is 10.3. The van der Waals surface area contributed by atoms with E-state index in [0.717, 1.165) is 38.7 Å². The van der Waals surface area contributed by atoms with Crippen LogP contribution in [0.3, 0.4) is 0 Å². The largest absolute Gasteiger partial charge is 0.455 e. The number of ether oxygens (including phenoxy) is 2. The Balaban J connectivity index is 1.39. The molecule has 0 saturated carbocycles. The normalized spacial score (nSPS) is 14.6. The number of nitrogens with one attached hydrogen (secondary N) is 1. The van der Waals surface area contributed by atoms with Crippen LogP contribution >= 0.6 is 27.5 Å². The summed E-state index contributed by atoms with van der Waals surface area (Å²) in [6, 6.07) is 23.8. The van der Waals surface area contributed by atoms with Crippen molar-refractivity contribution in [3.63, 3.8) is 0 Å². The van der Waals surface area contributed by atoms with Crippen LogP contribution < -0.4 is 10.1 Å². The number of nitrogens with zero attached hydrogens (tertiary/aromatic N) is 2. The van der Waals surface area contributed by atoms with Crippen molar-refractivity contribution in [1.29, 1.82) is 0 Å². The highest BCUT2D eigenvalue weighted by Gasteiger charge is 2.25. The van der Waals surface area contributed by atoms with Crippen molar-refractivity contribution in [2.45, 2.75) is 25.8 Å². The molecule has 0 fully saturated rings. The summed E-state index contributed by atoms with van der Waals surface area (Å²) in [7, 11) is 0. The molecule has 162 valence electrons. The Morgan fingerprint density at radius 3 is 2.72 bits per heavy atom. The maximum absolute atomic E-state index is 6.25. The zero-order valence-corrected chi connectivity index (χ0v) is 19.5. The van der Waals surface area contributed by atoms with Gasteiger partial charge in [0.2, 0.25) is 0 Å². The van der Waals surface area contributed by atoms with Crippen LogP contribution in [0.4, 0.5) is 5.69 Å². The fraction of sp³-hybridized carbons (Fsp3) is 0.160. The summed E-state index contributed by atoms with van der Waals surface area (Å²) < 4.78 is 15.0. The summed E-state index contributed by atoms with van der Waals surface area (Å²) >= 11 is 9.77. The van der Waals surface area contributed by atoms with Gasteiger partial charge in [0.1, 0.15) is 22.9 Å². The maximum Gasteiger partial charge on any atom is 0.150 e. The first-order valence-corrected chi connectivity index (χ1v) is 11.5. The molecule has 1 N–H and O–H groups in total. The smallest absolute Gasteiger partial charge is 0.150 e. The molecular formula is C25H21BrClN3O2. The standard InChI is InChI=1S/C25H21BrClN3O2/c26-24-14-30(16-31-15-17-6-2-1-3-7-17)25(29-24)13-20-19-8-4-5-9-22(19)32-23-11-10-18(27)12-21(23)28-20/h1-12,14,20,28H,13,15-16H2. The van der Waals surface area contributed by atoms with Gasteiger partial charge in [0.05, 0.1) is 18.3 Å². The summed E-state index contributed by atoms with van der Waals surface area (Å²) in [6.07, 6.45) is 2.59. The van der Waals surface area contributed by atoms with Crippen molar-refractivity contribution in [2.75, 3.05) is 5.32 Å². The van der Waals surface area contributed by atoms with Crippen molar-refractivity contribution in [2.24, 2.45) is 0 Å². The molecule has 0 bridgehead atoms. The van der Waals surface area contributed by atoms with Crippen molar-refractivity contribution >= 4 is 33.2 Å². The third kappa shape index (κ3) is 4.67. The molecule has 0 amide bonds. The number of fused-ring (bicyclic) bond motifs is 2. The SMILES string of the molecule is Clc1ccc2c(c1)NC(Cc1nc(Br)cn1COCc1ccccc1)c1ccccc1O2. The van der Waals surface area contributed by atoms with E-state index in [-0.39, 0.29) is 6.04 Å². The second-order valence-electron chi connectivity index (χ2n) is 7.59. The average molecular weight is 511 g/mol. The van der Waals surface area contributed by atoms with Crippen LogP contribution in [-0.2, 0) is 24.5 Å². The van der Waals surface area contributed by atoms with E-state index in [1.165, 1.54) is 0 Å². The van der Waals surface area contributed by atoms with E-state index >= 15 is 0 Å². The van der Waals surface area contributed by atoms with Gasteiger partial charge in [-0.15, -0.1) is 0 Å². The molecule has 0 radical (unpaired) electrons. The molecule has 1 aliphatic rings. The quantitative estimate of drug-likeness (QED) is 0.304. The third-order valence-electron chi connectivity index (χ3n) is 5.34. The van der Waals surface area contributed by atoms with Crippen LogP contribution in [0.2, 0.25) is 5.02 Å². The molecule has 5 rings (SSSR count). The number of para-hydroxylation sites is 1. The molecule has 1 aromatic heterocycles. The number of imidazole rings is 1. The monoisotopic (exact) mass is 509 g/mol. The van der Waals surface area contributed by atoms with Crippen molar-refractivity contribution < 1.29 is 9.47 Å². The maximum atomic E-state index is 6.25. The van der Waals surface area contributed by atoms with Gasteiger partial charge in [-0.05, 0) is 45.8 Å². The summed E-state index contributed by atoms with van der Waals surface area (Å²) in [5, 5.41) is 4.26. The number of benzene rings is 3. The zero-order chi connectivity index (χ0) is 21.9. The number of anilines is 1. The highest BCUT2D eigenvalue weighted by Crippen LogP contribution is 2.42. The van der Waals surface area contributed by atoms with Crippen molar-refractivity contribution in [1.82, 2.24) is 9.55 Å². The summed E-state index contributed by atoms with van der Waals surface area (Å²) in [4.78, 5) is 4.70. The minimum absolute atomic E-state index is 0.0481. The van der Waals surface area contributed by atoms with E-state index in [4.69, 9.17) is 26.1 Å². The van der Waals surface area contributed by atoms with Gasteiger partial charge in [0, 0.05) is 23.2 Å². The number of hydrogen-bond acceptors (Lipinski definition) is 4. The summed E-state index contributed by atoms with van der Waals surface area (Å²) in [5.41, 5.74) is 3.06. The van der Waals surface area contributed by atoms with E-state index in [2.05, 4.69) is 39.4 Å². The van der Waals surface area contributed by atoms with Crippen LogP contribution in [0, 0.1) is 0 Å². The third-order valence-corrected chi connectivity index (χ3v) is 5.96. The van der Waals surface area contributed by atoms with Gasteiger partial charge < -0.3 is 19.4 Å². The highest BCUT2D eigenvalue weighted by atomic mass is 79.9. The summed E-state index contributed by atoms with van der Waals surface area (Å²) in [6.45, 7) is 0.955. The lowest BCUT2D eigenvalue weighted by atomic mass is 10.0. The molecular weight excluding hydrogens is 490 g/mol. The fourth-order valence-corrected chi connectivity index (χ4v) is 4.45. The lowest BCUT2D eigenvalue weighted by Gasteiger charge is -2.19. The molecule has 0 aliphatic carbocycles. The second-order valence-corrected chi connectivity index (χ2v) is 8.84. The lowest BCUT2D eigenvalue weighted by Crippen LogP contribution is -2.16. The molecule has 2 heterocycles. The van der Waals surface area contributed by atoms with Crippen LogP contribution in [0.25, 0.3) is 0 Å². The Morgan fingerprint density at radius 2 is 1.84 bits per heavy atom. The first kappa shape index (κ1) is 21.1. The van der Waals surface area contributed by atoms with Gasteiger partial charge in [-0.2, -0.15) is 0 Å². The number of hydrogen-bond donors (Lipinski definition) is 1. The average Bonchev–Trinajstić information content (AvgIpc) is 3.06. The molecule has 1 aliphatic heterocycles. The number of halogens is 2. The minimum Gasteiger partial charge on any atom is -0.455 e. The molecule has 1 unspecified atom stereocenters. The lowest BCUT2D eigenvalue weighted by molar-refractivity contribution is 0.0620. The van der Waals surface area contributed by atoms with Crippen molar-refractivity contribution in [3.05, 3.63) is 106 Å². The topological polar surface area (TPSA) is 48.3 Å². The van der Waals surface area contributed by atoms with E-state index in [0.29, 0.717) is 24.8 Å². The highest BCUT2D eigenvalue weighted by molar-refractivity contribution is 9.10. The van der Waals surface area contributed by atoms with Gasteiger partial charge in [-0.25, -0.2) is 4.98 Å². The molecule has 3 aromatic carbocycles. The second kappa shape index (κ2) is 9.36. The Hall–Kier alpha value is -2.80. The molecule has 32 heavy (non-hydrogen) atoms. The van der Waals surface area contributed by atoms with E-state index in [1.807, 2.05) is 65.4 Å². The summed E-state index contributed by atoms with van der Waals surface area (Å²) in [5.74, 6) is 2.48. The van der Waals surface area contributed by atoms with Crippen LogP contribution in [0.5, 0.6) is 11.5 Å². The molecule has 4 aromatic rings. The number of aromatic nitrogens is 2. The van der Waals surface area contributed by atoms with Gasteiger partial charge in [-0.3, -0.25) is 0 Å². The minimum atomic E-state index is -0.0481. The van der Waals surface area contributed by atoms with Crippen LogP contribution in [0.15, 0.2) is 83.6 Å². The predicted octanol–water partition coefficient (Wildman–Crippen LogP) is 6.97. The molecule has 0 spiro atoms. The predicted molar refractivity (Wildman–Crippen MR) is 129 cm³/mol. The van der Waals surface area contributed by atoms with E-state index in [1.54, 1.807) is 0 Å². The van der Waals surface area contributed by atoms with E-state index in [9.17, 15) is 0 Å². The zero-order valence-electron chi connectivity index (χ0n) is 17.2. The van der Waals surface area contributed by atoms with Crippen LogP contribution in [-0.4, -0.2) is 9.55 Å². The van der Waals surface area contributed by atoms with Gasteiger partial charge in [-0.1, -0.05) is 60.1 Å². The number of rotatable bonds is 6. The van der Waals surface area contributed by atoms with E-state index < -0.39 is 0 Å². The Kier molecular flexibility index (Phi) is 6.17. The Labute approximate surface area is 200 Å². The molecule has 7 heteroatoms. The Morgan fingerprint density at radius 1 is 1.03 bits per heavy atom. The Bertz CT molecular complexity index is 1230. The molecule has 1 atom stereocenters. The fourth-order valence-electron chi connectivity index (χ4n) is 3.82. The van der Waals surface area contributed by atoms with Gasteiger partial charge in [0.25, 0.3) is 0 Å². The van der Waals surface area contributed by atoms with Crippen LogP contribution in [0.1, 0.15) is 23.0 Å².